The fraction of sp³-hybridized carbons (Fsp3) is 0.632. The molecule has 0 radical (unpaired) electrons. The van der Waals surface area contributed by atoms with Gasteiger partial charge in [-0.2, -0.15) is 0 Å². The first-order valence-corrected chi connectivity index (χ1v) is 9.28. The van der Waals surface area contributed by atoms with E-state index in [1.807, 2.05) is 4.90 Å². The van der Waals surface area contributed by atoms with E-state index in [2.05, 4.69) is 0 Å². The first kappa shape index (κ1) is 17.7. The molecule has 6 heteroatoms. The van der Waals surface area contributed by atoms with Gasteiger partial charge in [-0.3, -0.25) is 14.4 Å². The van der Waals surface area contributed by atoms with Crippen molar-refractivity contribution in [2.45, 2.75) is 38.5 Å². The average Bonchev–Trinajstić information content (AvgIpc) is 2.64. The SMILES string of the molecule is Cn1cc(C(=O)N2CCN(C(=O)CC3CCCCC3)CC2)ccc1=O. The molecule has 2 aliphatic rings. The van der Waals surface area contributed by atoms with Crippen molar-refractivity contribution in [3.63, 3.8) is 0 Å². The Labute approximate surface area is 148 Å². The summed E-state index contributed by atoms with van der Waals surface area (Å²) in [7, 11) is 1.64. The molecule has 2 heterocycles. The van der Waals surface area contributed by atoms with Crippen LogP contribution >= 0.6 is 0 Å². The minimum absolute atomic E-state index is 0.0741. The molecule has 1 aromatic heterocycles. The third-order valence-corrected chi connectivity index (χ3v) is 5.44. The Bertz CT molecular complexity index is 683. The van der Waals surface area contributed by atoms with Crippen LogP contribution in [-0.2, 0) is 11.8 Å². The first-order valence-electron chi connectivity index (χ1n) is 9.28. The van der Waals surface area contributed by atoms with Crippen molar-refractivity contribution < 1.29 is 9.59 Å². The zero-order valence-corrected chi connectivity index (χ0v) is 14.9. The molecule has 1 saturated heterocycles. The van der Waals surface area contributed by atoms with Gasteiger partial charge in [0.05, 0.1) is 5.56 Å². The molecule has 1 aliphatic carbocycles. The van der Waals surface area contributed by atoms with Crippen LogP contribution in [0.1, 0.15) is 48.9 Å². The standard InChI is InChI=1S/C19H27N3O3/c1-20-14-16(7-8-17(20)23)19(25)22-11-9-21(10-12-22)18(24)13-15-5-3-2-4-6-15/h7-8,14-15H,2-6,9-13H2,1H3. The van der Waals surface area contributed by atoms with Crippen molar-refractivity contribution in [2.75, 3.05) is 26.2 Å². The van der Waals surface area contributed by atoms with Crippen LogP contribution in [0.2, 0.25) is 0 Å². The van der Waals surface area contributed by atoms with E-state index in [0.717, 1.165) is 0 Å². The maximum absolute atomic E-state index is 12.6. The van der Waals surface area contributed by atoms with Crippen molar-refractivity contribution >= 4 is 11.8 Å². The van der Waals surface area contributed by atoms with Crippen LogP contribution in [0.5, 0.6) is 0 Å². The largest absolute Gasteiger partial charge is 0.339 e. The zero-order valence-electron chi connectivity index (χ0n) is 14.9. The van der Waals surface area contributed by atoms with E-state index in [1.165, 1.54) is 42.7 Å². The van der Waals surface area contributed by atoms with Crippen LogP contribution in [0.15, 0.2) is 23.1 Å². The number of carbonyl (C=O) groups is 2. The summed E-state index contributed by atoms with van der Waals surface area (Å²) in [6.45, 7) is 2.31. The molecule has 0 bridgehead atoms. The highest BCUT2D eigenvalue weighted by atomic mass is 16.2. The second kappa shape index (κ2) is 7.85. The van der Waals surface area contributed by atoms with Crippen LogP contribution in [0, 0.1) is 5.92 Å². The lowest BCUT2D eigenvalue weighted by Gasteiger charge is -2.35. The minimum atomic E-state index is -0.130. The van der Waals surface area contributed by atoms with Crippen molar-refractivity contribution in [2.24, 2.45) is 13.0 Å². The number of aromatic nitrogens is 1. The van der Waals surface area contributed by atoms with Crippen molar-refractivity contribution in [1.82, 2.24) is 14.4 Å². The Morgan fingerprint density at radius 2 is 1.64 bits per heavy atom. The third kappa shape index (κ3) is 4.30. The zero-order chi connectivity index (χ0) is 17.8. The fourth-order valence-corrected chi connectivity index (χ4v) is 3.83. The Balaban J connectivity index is 1.52. The Hall–Kier alpha value is -2.11. The molecule has 0 unspecified atom stereocenters. The van der Waals surface area contributed by atoms with Gasteiger partial charge in [0.2, 0.25) is 11.5 Å². The second-order valence-corrected chi connectivity index (χ2v) is 7.25. The molecule has 1 aliphatic heterocycles. The molecule has 136 valence electrons. The van der Waals surface area contributed by atoms with Crippen LogP contribution in [-0.4, -0.2) is 52.4 Å². The average molecular weight is 345 g/mol. The van der Waals surface area contributed by atoms with Crippen molar-refractivity contribution in [1.29, 1.82) is 0 Å². The minimum Gasteiger partial charge on any atom is -0.339 e. The van der Waals surface area contributed by atoms with E-state index < -0.39 is 0 Å². The number of nitrogens with zero attached hydrogens (tertiary/aromatic N) is 3. The normalized spacial score (nSPS) is 19.1. The molecule has 0 aromatic carbocycles. The van der Waals surface area contributed by atoms with Gasteiger partial charge in [-0.05, 0) is 24.8 Å². The summed E-state index contributed by atoms with van der Waals surface area (Å²) in [6.07, 6.45) is 8.39. The molecule has 6 nitrogen and oxygen atoms in total. The molecule has 25 heavy (non-hydrogen) atoms. The molecule has 2 amide bonds. The monoisotopic (exact) mass is 345 g/mol. The lowest BCUT2D eigenvalue weighted by atomic mass is 9.86. The predicted molar refractivity (Wildman–Crippen MR) is 95.4 cm³/mol. The number of carbonyl (C=O) groups excluding carboxylic acids is 2. The van der Waals surface area contributed by atoms with Gasteiger partial charge in [-0.1, -0.05) is 19.3 Å². The van der Waals surface area contributed by atoms with Gasteiger partial charge in [0.25, 0.3) is 5.91 Å². The number of hydrogen-bond donors (Lipinski definition) is 0. The number of piperazine rings is 1. The molecule has 3 rings (SSSR count). The van der Waals surface area contributed by atoms with Gasteiger partial charge in [0, 0.05) is 51.9 Å². The first-order chi connectivity index (χ1) is 12.0. The van der Waals surface area contributed by atoms with E-state index in [-0.39, 0.29) is 17.4 Å². The van der Waals surface area contributed by atoms with E-state index >= 15 is 0 Å². The quantitative estimate of drug-likeness (QED) is 0.837. The van der Waals surface area contributed by atoms with Crippen LogP contribution < -0.4 is 5.56 Å². The highest BCUT2D eigenvalue weighted by Gasteiger charge is 2.27. The van der Waals surface area contributed by atoms with Crippen LogP contribution in [0.4, 0.5) is 0 Å². The fourth-order valence-electron chi connectivity index (χ4n) is 3.83. The Kier molecular flexibility index (Phi) is 5.56. The lowest BCUT2D eigenvalue weighted by molar-refractivity contribution is -0.133. The van der Waals surface area contributed by atoms with Crippen LogP contribution in [0.3, 0.4) is 0 Å². The van der Waals surface area contributed by atoms with Gasteiger partial charge in [-0.15, -0.1) is 0 Å². The van der Waals surface area contributed by atoms with Gasteiger partial charge >= 0.3 is 0 Å². The van der Waals surface area contributed by atoms with Gasteiger partial charge in [0.15, 0.2) is 0 Å². The molecule has 2 fully saturated rings. The van der Waals surface area contributed by atoms with E-state index in [0.29, 0.717) is 44.1 Å². The number of hydrogen-bond acceptors (Lipinski definition) is 3. The molecule has 1 saturated carbocycles. The Morgan fingerprint density at radius 3 is 2.28 bits per heavy atom. The molecule has 0 spiro atoms. The number of pyridine rings is 1. The summed E-state index contributed by atoms with van der Waals surface area (Å²) < 4.78 is 1.41. The van der Waals surface area contributed by atoms with Crippen molar-refractivity contribution in [3.8, 4) is 0 Å². The summed E-state index contributed by atoms with van der Waals surface area (Å²) >= 11 is 0. The second-order valence-electron chi connectivity index (χ2n) is 7.25. The maximum atomic E-state index is 12.6. The molecule has 0 atom stereocenters. The molecule has 0 N–H and O–H groups in total. The van der Waals surface area contributed by atoms with Crippen molar-refractivity contribution in [3.05, 3.63) is 34.2 Å². The molecular weight excluding hydrogens is 318 g/mol. The topological polar surface area (TPSA) is 62.6 Å². The Morgan fingerprint density at radius 1 is 1.00 bits per heavy atom. The summed E-state index contributed by atoms with van der Waals surface area (Å²) in [6, 6.07) is 2.99. The molecule has 1 aromatic rings. The predicted octanol–water partition coefficient (Wildman–Crippen LogP) is 1.64. The number of rotatable bonds is 3. The lowest BCUT2D eigenvalue weighted by Crippen LogP contribution is -2.51. The summed E-state index contributed by atoms with van der Waals surface area (Å²) in [4.78, 5) is 40.2. The highest BCUT2D eigenvalue weighted by Crippen LogP contribution is 2.27. The maximum Gasteiger partial charge on any atom is 0.255 e. The summed E-state index contributed by atoms with van der Waals surface area (Å²) in [5, 5.41) is 0. The number of aryl methyl sites for hydroxylation is 1. The van der Waals surface area contributed by atoms with E-state index in [9.17, 15) is 14.4 Å². The van der Waals surface area contributed by atoms with Gasteiger partial charge in [-0.25, -0.2) is 0 Å². The summed E-state index contributed by atoms with van der Waals surface area (Å²) in [5.41, 5.74) is 0.388. The molecular formula is C19H27N3O3. The van der Waals surface area contributed by atoms with E-state index in [4.69, 9.17) is 0 Å². The van der Waals surface area contributed by atoms with E-state index in [1.54, 1.807) is 24.2 Å². The summed E-state index contributed by atoms with van der Waals surface area (Å²) in [5.74, 6) is 0.711. The van der Waals surface area contributed by atoms with Gasteiger partial charge < -0.3 is 14.4 Å². The highest BCUT2D eigenvalue weighted by molar-refractivity contribution is 5.94. The van der Waals surface area contributed by atoms with Gasteiger partial charge in [0.1, 0.15) is 0 Å². The smallest absolute Gasteiger partial charge is 0.255 e. The third-order valence-electron chi connectivity index (χ3n) is 5.44. The van der Waals surface area contributed by atoms with Crippen LogP contribution in [0.25, 0.3) is 0 Å². The number of amides is 2.